The Morgan fingerprint density at radius 3 is 2.88 bits per heavy atom. The SMILES string of the molecule is COC1CN(C(=O)C2CCNC2)CCC1C. The second kappa shape index (κ2) is 5.15. The molecular formula is C12H22N2O2. The number of amides is 1. The fraction of sp³-hybridized carbons (Fsp3) is 0.917. The second-order valence-corrected chi connectivity index (χ2v) is 5.01. The third-order valence-electron chi connectivity index (χ3n) is 3.91. The molecule has 2 rings (SSSR count). The Morgan fingerprint density at radius 2 is 2.25 bits per heavy atom. The van der Waals surface area contributed by atoms with E-state index in [1.807, 2.05) is 4.90 Å². The summed E-state index contributed by atoms with van der Waals surface area (Å²) in [6.45, 7) is 5.70. The largest absolute Gasteiger partial charge is 0.379 e. The second-order valence-electron chi connectivity index (χ2n) is 5.01. The number of methoxy groups -OCH3 is 1. The van der Waals surface area contributed by atoms with Gasteiger partial charge >= 0.3 is 0 Å². The van der Waals surface area contributed by atoms with Crippen LogP contribution in [0.4, 0.5) is 0 Å². The van der Waals surface area contributed by atoms with Gasteiger partial charge in [-0.2, -0.15) is 0 Å². The van der Waals surface area contributed by atoms with Gasteiger partial charge in [-0.15, -0.1) is 0 Å². The molecule has 4 nitrogen and oxygen atoms in total. The van der Waals surface area contributed by atoms with Crippen molar-refractivity contribution in [1.82, 2.24) is 10.2 Å². The third kappa shape index (κ3) is 2.38. The smallest absolute Gasteiger partial charge is 0.227 e. The normalized spacial score (nSPS) is 35.4. The van der Waals surface area contributed by atoms with Crippen LogP contribution < -0.4 is 5.32 Å². The molecule has 2 saturated heterocycles. The van der Waals surface area contributed by atoms with Crippen LogP contribution in [0, 0.1) is 11.8 Å². The van der Waals surface area contributed by atoms with Crippen LogP contribution >= 0.6 is 0 Å². The summed E-state index contributed by atoms with van der Waals surface area (Å²) in [6.07, 6.45) is 2.26. The van der Waals surface area contributed by atoms with E-state index < -0.39 is 0 Å². The molecule has 1 N–H and O–H groups in total. The highest BCUT2D eigenvalue weighted by Crippen LogP contribution is 2.22. The molecule has 0 radical (unpaired) electrons. The fourth-order valence-electron chi connectivity index (χ4n) is 2.66. The van der Waals surface area contributed by atoms with Crippen LogP contribution in [-0.4, -0.2) is 50.2 Å². The zero-order valence-corrected chi connectivity index (χ0v) is 10.2. The number of carbonyl (C=O) groups excluding carboxylic acids is 1. The van der Waals surface area contributed by atoms with Gasteiger partial charge in [-0.05, 0) is 25.3 Å². The van der Waals surface area contributed by atoms with Crippen LogP contribution in [0.25, 0.3) is 0 Å². The minimum Gasteiger partial charge on any atom is -0.379 e. The summed E-state index contributed by atoms with van der Waals surface area (Å²) in [5.74, 6) is 1.08. The van der Waals surface area contributed by atoms with Crippen molar-refractivity contribution in [2.75, 3.05) is 33.3 Å². The van der Waals surface area contributed by atoms with Crippen LogP contribution in [0.1, 0.15) is 19.8 Å². The summed E-state index contributed by atoms with van der Waals surface area (Å²) in [6, 6.07) is 0. The Kier molecular flexibility index (Phi) is 3.82. The molecule has 0 bridgehead atoms. The number of nitrogens with zero attached hydrogens (tertiary/aromatic N) is 1. The molecule has 0 aromatic heterocycles. The van der Waals surface area contributed by atoms with Crippen LogP contribution in [0.2, 0.25) is 0 Å². The molecule has 3 unspecified atom stereocenters. The van der Waals surface area contributed by atoms with Crippen molar-refractivity contribution >= 4 is 5.91 Å². The van der Waals surface area contributed by atoms with Gasteiger partial charge in [0.1, 0.15) is 0 Å². The fourth-order valence-corrected chi connectivity index (χ4v) is 2.66. The van der Waals surface area contributed by atoms with Crippen molar-refractivity contribution in [1.29, 1.82) is 0 Å². The predicted molar refractivity (Wildman–Crippen MR) is 62.1 cm³/mol. The van der Waals surface area contributed by atoms with Gasteiger partial charge in [0.2, 0.25) is 5.91 Å². The lowest BCUT2D eigenvalue weighted by molar-refractivity contribution is -0.139. The first-order valence-corrected chi connectivity index (χ1v) is 6.24. The van der Waals surface area contributed by atoms with E-state index in [9.17, 15) is 4.79 Å². The topological polar surface area (TPSA) is 41.6 Å². The van der Waals surface area contributed by atoms with Crippen LogP contribution in [-0.2, 0) is 9.53 Å². The number of piperidine rings is 1. The molecule has 4 heteroatoms. The Morgan fingerprint density at radius 1 is 1.44 bits per heavy atom. The van der Waals surface area contributed by atoms with Crippen molar-refractivity contribution < 1.29 is 9.53 Å². The first-order chi connectivity index (χ1) is 7.72. The van der Waals surface area contributed by atoms with Gasteiger partial charge in [0.05, 0.1) is 12.0 Å². The molecule has 0 aromatic rings. The molecule has 1 amide bonds. The molecule has 0 saturated carbocycles. The molecule has 0 aromatic carbocycles. The van der Waals surface area contributed by atoms with Crippen molar-refractivity contribution in [3.8, 4) is 0 Å². The number of hydrogen-bond acceptors (Lipinski definition) is 3. The first-order valence-electron chi connectivity index (χ1n) is 6.24. The van der Waals surface area contributed by atoms with E-state index in [4.69, 9.17) is 4.74 Å². The summed E-state index contributed by atoms with van der Waals surface area (Å²) in [5, 5.41) is 3.25. The van der Waals surface area contributed by atoms with E-state index in [1.54, 1.807) is 7.11 Å². The highest BCUT2D eigenvalue weighted by Gasteiger charge is 2.33. The number of rotatable bonds is 2. The number of carbonyl (C=O) groups is 1. The van der Waals surface area contributed by atoms with Crippen molar-refractivity contribution in [3.05, 3.63) is 0 Å². The highest BCUT2D eigenvalue weighted by molar-refractivity contribution is 5.79. The monoisotopic (exact) mass is 226 g/mol. The highest BCUT2D eigenvalue weighted by atomic mass is 16.5. The van der Waals surface area contributed by atoms with Gasteiger partial charge in [0.15, 0.2) is 0 Å². The maximum atomic E-state index is 12.2. The average Bonchev–Trinajstić information content (AvgIpc) is 2.82. The zero-order valence-electron chi connectivity index (χ0n) is 10.2. The Bertz CT molecular complexity index is 251. The van der Waals surface area contributed by atoms with Crippen molar-refractivity contribution in [3.63, 3.8) is 0 Å². The standard InChI is InChI=1S/C12H22N2O2/c1-9-4-6-14(8-11(9)16-2)12(15)10-3-5-13-7-10/h9-11,13H,3-8H2,1-2H3. The van der Waals surface area contributed by atoms with Crippen molar-refractivity contribution in [2.45, 2.75) is 25.9 Å². The summed E-state index contributed by atoms with van der Waals surface area (Å²) in [5.41, 5.74) is 0. The Hall–Kier alpha value is -0.610. The van der Waals surface area contributed by atoms with Crippen LogP contribution in [0.5, 0.6) is 0 Å². The maximum Gasteiger partial charge on any atom is 0.227 e. The first kappa shape index (κ1) is 11.9. The summed E-state index contributed by atoms with van der Waals surface area (Å²) >= 11 is 0. The van der Waals surface area contributed by atoms with Crippen LogP contribution in [0.15, 0.2) is 0 Å². The lowest BCUT2D eigenvalue weighted by Crippen LogP contribution is -2.48. The minimum absolute atomic E-state index is 0.200. The molecule has 92 valence electrons. The lowest BCUT2D eigenvalue weighted by atomic mass is 9.94. The molecular weight excluding hydrogens is 204 g/mol. The summed E-state index contributed by atoms with van der Waals surface area (Å²) in [7, 11) is 1.74. The molecule has 0 aliphatic carbocycles. The summed E-state index contributed by atoms with van der Waals surface area (Å²) < 4.78 is 5.44. The van der Waals surface area contributed by atoms with Crippen LogP contribution in [0.3, 0.4) is 0 Å². The number of ether oxygens (including phenoxy) is 1. The molecule has 16 heavy (non-hydrogen) atoms. The van der Waals surface area contributed by atoms with Gasteiger partial charge in [-0.25, -0.2) is 0 Å². The van der Waals surface area contributed by atoms with E-state index in [1.165, 1.54) is 0 Å². The zero-order chi connectivity index (χ0) is 11.5. The van der Waals surface area contributed by atoms with Crippen molar-refractivity contribution in [2.24, 2.45) is 11.8 Å². The molecule has 2 fully saturated rings. The van der Waals surface area contributed by atoms with E-state index in [2.05, 4.69) is 12.2 Å². The van der Waals surface area contributed by atoms with E-state index in [0.717, 1.165) is 39.0 Å². The number of likely N-dealkylation sites (tertiary alicyclic amines) is 1. The maximum absolute atomic E-state index is 12.2. The van der Waals surface area contributed by atoms with Gasteiger partial charge in [-0.1, -0.05) is 6.92 Å². The van der Waals surface area contributed by atoms with E-state index in [0.29, 0.717) is 11.8 Å². The van der Waals surface area contributed by atoms with Gasteiger partial charge < -0.3 is 15.0 Å². The van der Waals surface area contributed by atoms with E-state index >= 15 is 0 Å². The number of hydrogen-bond donors (Lipinski definition) is 1. The number of nitrogens with one attached hydrogen (secondary N) is 1. The molecule has 2 aliphatic rings. The molecule has 0 spiro atoms. The summed E-state index contributed by atoms with van der Waals surface area (Å²) in [4.78, 5) is 14.2. The quantitative estimate of drug-likeness (QED) is 0.744. The van der Waals surface area contributed by atoms with E-state index in [-0.39, 0.29) is 12.0 Å². The Balaban J connectivity index is 1.91. The minimum atomic E-state index is 0.200. The molecule has 3 atom stereocenters. The lowest BCUT2D eigenvalue weighted by Gasteiger charge is -2.37. The Labute approximate surface area is 97.3 Å². The molecule has 2 heterocycles. The van der Waals surface area contributed by atoms with Gasteiger partial charge in [0.25, 0.3) is 0 Å². The van der Waals surface area contributed by atoms with Gasteiger partial charge in [0, 0.05) is 26.7 Å². The third-order valence-corrected chi connectivity index (χ3v) is 3.91. The van der Waals surface area contributed by atoms with Gasteiger partial charge in [-0.3, -0.25) is 4.79 Å². The average molecular weight is 226 g/mol. The molecule has 2 aliphatic heterocycles. The predicted octanol–water partition coefficient (Wildman–Crippen LogP) is 0.479.